The molecule has 2 N–H and O–H groups in total. The minimum Gasteiger partial charge on any atom is -0.397 e. The predicted octanol–water partition coefficient (Wildman–Crippen LogP) is 4.30. The molecule has 1 saturated carbocycles. The molecule has 5 heteroatoms. The Kier molecular flexibility index (Phi) is 4.45. The highest BCUT2D eigenvalue weighted by Gasteiger charge is 2.31. The zero-order chi connectivity index (χ0) is 14.8. The highest BCUT2D eigenvalue weighted by atomic mass is 19.4. The molecule has 0 amide bonds. The van der Waals surface area contributed by atoms with Gasteiger partial charge in [-0.25, -0.2) is 0 Å². The van der Waals surface area contributed by atoms with E-state index in [0.717, 1.165) is 18.7 Å². The average molecular weight is 286 g/mol. The normalized spacial score (nSPS) is 17.2. The first kappa shape index (κ1) is 15.0. The largest absolute Gasteiger partial charge is 0.416 e. The van der Waals surface area contributed by atoms with Crippen LogP contribution in [0.15, 0.2) is 18.2 Å². The van der Waals surface area contributed by atoms with Crippen LogP contribution < -0.4 is 10.6 Å². The number of alkyl halides is 3. The minimum absolute atomic E-state index is 0.193. The molecule has 1 aliphatic rings. The highest BCUT2D eigenvalue weighted by molar-refractivity contribution is 5.68. The number of nitrogens with zero attached hydrogens (tertiary/aromatic N) is 1. The molecule has 0 unspecified atom stereocenters. The van der Waals surface area contributed by atoms with Crippen LogP contribution in [0, 0.1) is 5.92 Å². The van der Waals surface area contributed by atoms with E-state index in [1.165, 1.54) is 38.2 Å². The molecule has 0 spiro atoms. The van der Waals surface area contributed by atoms with Gasteiger partial charge in [0.2, 0.25) is 0 Å². The summed E-state index contributed by atoms with van der Waals surface area (Å²) in [6.45, 7) is 0.857. The van der Waals surface area contributed by atoms with Crippen molar-refractivity contribution in [1.29, 1.82) is 0 Å². The Morgan fingerprint density at radius 2 is 1.85 bits per heavy atom. The molecule has 0 radical (unpaired) electrons. The van der Waals surface area contributed by atoms with Crippen LogP contribution >= 0.6 is 0 Å². The van der Waals surface area contributed by atoms with Gasteiger partial charge in [-0.3, -0.25) is 0 Å². The maximum atomic E-state index is 12.6. The summed E-state index contributed by atoms with van der Waals surface area (Å²) in [7, 11) is 1.90. The Bertz CT molecular complexity index is 451. The van der Waals surface area contributed by atoms with Crippen LogP contribution in [-0.2, 0) is 6.18 Å². The van der Waals surface area contributed by atoms with Crippen LogP contribution in [0.25, 0.3) is 0 Å². The number of anilines is 2. The lowest BCUT2D eigenvalue weighted by Crippen LogP contribution is -2.27. The lowest BCUT2D eigenvalue weighted by molar-refractivity contribution is -0.137. The molecule has 2 rings (SSSR count). The number of hydrogen-bond donors (Lipinski definition) is 1. The molecule has 0 saturated heterocycles. The molecule has 1 fully saturated rings. The van der Waals surface area contributed by atoms with Crippen molar-refractivity contribution in [1.82, 2.24) is 0 Å². The van der Waals surface area contributed by atoms with E-state index in [-0.39, 0.29) is 5.69 Å². The standard InChI is InChI=1S/C15H21F3N2/c1-20(10-11-5-3-2-4-6-11)14-8-7-12(9-13(14)19)15(16,17)18/h7-9,11H,2-6,10,19H2,1H3. The SMILES string of the molecule is CN(CC1CCCCC1)c1ccc(C(F)(F)F)cc1N. The summed E-state index contributed by atoms with van der Waals surface area (Å²) < 4.78 is 37.8. The van der Waals surface area contributed by atoms with E-state index in [1.807, 2.05) is 11.9 Å². The minimum atomic E-state index is -4.34. The van der Waals surface area contributed by atoms with E-state index in [4.69, 9.17) is 5.73 Å². The third-order valence-electron chi connectivity index (χ3n) is 4.02. The van der Waals surface area contributed by atoms with Gasteiger partial charge < -0.3 is 10.6 Å². The van der Waals surface area contributed by atoms with Crippen LogP contribution in [0.2, 0.25) is 0 Å². The maximum Gasteiger partial charge on any atom is 0.416 e. The van der Waals surface area contributed by atoms with Crippen LogP contribution in [0.1, 0.15) is 37.7 Å². The zero-order valence-corrected chi connectivity index (χ0v) is 11.7. The number of nitrogen functional groups attached to an aromatic ring is 1. The molecule has 2 nitrogen and oxygen atoms in total. The van der Waals surface area contributed by atoms with Gasteiger partial charge in [0.15, 0.2) is 0 Å². The Labute approximate surface area is 117 Å². The van der Waals surface area contributed by atoms with E-state index < -0.39 is 11.7 Å². The number of hydrogen-bond acceptors (Lipinski definition) is 2. The topological polar surface area (TPSA) is 29.3 Å². The molecule has 1 aliphatic carbocycles. The Hall–Kier alpha value is -1.39. The van der Waals surface area contributed by atoms with Gasteiger partial charge in [0.1, 0.15) is 0 Å². The summed E-state index contributed by atoms with van der Waals surface area (Å²) in [6, 6.07) is 3.59. The summed E-state index contributed by atoms with van der Waals surface area (Å²) in [6.07, 6.45) is 1.86. The van der Waals surface area contributed by atoms with Crippen molar-refractivity contribution in [2.24, 2.45) is 5.92 Å². The van der Waals surface area contributed by atoms with Gasteiger partial charge >= 0.3 is 6.18 Å². The van der Waals surface area contributed by atoms with Crippen molar-refractivity contribution in [3.8, 4) is 0 Å². The van der Waals surface area contributed by atoms with Gasteiger partial charge in [-0.2, -0.15) is 13.2 Å². The summed E-state index contributed by atoms with van der Waals surface area (Å²) in [4.78, 5) is 1.98. The van der Waals surface area contributed by atoms with Crippen LogP contribution in [0.4, 0.5) is 24.5 Å². The first-order valence-electron chi connectivity index (χ1n) is 7.06. The fourth-order valence-electron chi connectivity index (χ4n) is 2.93. The van der Waals surface area contributed by atoms with Crippen LogP contribution in [0.5, 0.6) is 0 Å². The molecule has 20 heavy (non-hydrogen) atoms. The fourth-order valence-corrected chi connectivity index (χ4v) is 2.93. The van der Waals surface area contributed by atoms with Gasteiger partial charge in [-0.1, -0.05) is 19.3 Å². The first-order chi connectivity index (χ1) is 9.38. The quantitative estimate of drug-likeness (QED) is 0.839. The Morgan fingerprint density at radius 1 is 1.20 bits per heavy atom. The van der Waals surface area contributed by atoms with Crippen molar-refractivity contribution in [2.75, 3.05) is 24.2 Å². The van der Waals surface area contributed by atoms with Crippen molar-refractivity contribution in [2.45, 2.75) is 38.3 Å². The second kappa shape index (κ2) is 5.94. The number of halogens is 3. The van der Waals surface area contributed by atoms with E-state index in [9.17, 15) is 13.2 Å². The van der Waals surface area contributed by atoms with Gasteiger partial charge in [0, 0.05) is 13.6 Å². The second-order valence-corrected chi connectivity index (χ2v) is 5.66. The van der Waals surface area contributed by atoms with E-state index in [2.05, 4.69) is 0 Å². The molecule has 1 aromatic carbocycles. The van der Waals surface area contributed by atoms with Crippen molar-refractivity contribution in [3.63, 3.8) is 0 Å². The molecule has 0 bridgehead atoms. The van der Waals surface area contributed by atoms with Crippen molar-refractivity contribution >= 4 is 11.4 Å². The van der Waals surface area contributed by atoms with Crippen molar-refractivity contribution in [3.05, 3.63) is 23.8 Å². The van der Waals surface area contributed by atoms with E-state index in [0.29, 0.717) is 11.6 Å². The Balaban J connectivity index is 2.07. The monoisotopic (exact) mass is 286 g/mol. The molecular formula is C15H21F3N2. The van der Waals surface area contributed by atoms with Crippen LogP contribution in [0.3, 0.4) is 0 Å². The van der Waals surface area contributed by atoms with Crippen LogP contribution in [-0.4, -0.2) is 13.6 Å². The zero-order valence-electron chi connectivity index (χ0n) is 11.7. The van der Waals surface area contributed by atoms with E-state index in [1.54, 1.807) is 0 Å². The average Bonchev–Trinajstić information content (AvgIpc) is 2.38. The number of nitrogens with two attached hydrogens (primary N) is 1. The molecule has 0 aromatic heterocycles. The molecule has 0 atom stereocenters. The fraction of sp³-hybridized carbons (Fsp3) is 0.600. The molecule has 0 aliphatic heterocycles. The highest BCUT2D eigenvalue weighted by Crippen LogP contribution is 2.34. The number of benzene rings is 1. The predicted molar refractivity (Wildman–Crippen MR) is 75.7 cm³/mol. The lowest BCUT2D eigenvalue weighted by atomic mass is 9.89. The molecule has 1 aromatic rings. The summed E-state index contributed by atoms with van der Waals surface area (Å²) in [5, 5.41) is 0. The first-order valence-corrected chi connectivity index (χ1v) is 7.06. The summed E-state index contributed by atoms with van der Waals surface area (Å²) >= 11 is 0. The van der Waals surface area contributed by atoms with Gasteiger partial charge in [-0.15, -0.1) is 0 Å². The number of rotatable bonds is 3. The van der Waals surface area contributed by atoms with Gasteiger partial charge in [0.05, 0.1) is 16.9 Å². The summed E-state index contributed by atoms with van der Waals surface area (Å²) in [5.74, 6) is 0.621. The second-order valence-electron chi connectivity index (χ2n) is 5.66. The smallest absolute Gasteiger partial charge is 0.397 e. The Morgan fingerprint density at radius 3 is 2.40 bits per heavy atom. The molecule has 0 heterocycles. The van der Waals surface area contributed by atoms with E-state index >= 15 is 0 Å². The molecular weight excluding hydrogens is 265 g/mol. The third-order valence-corrected chi connectivity index (χ3v) is 4.02. The third kappa shape index (κ3) is 3.58. The maximum absolute atomic E-state index is 12.6. The van der Waals surface area contributed by atoms with Crippen molar-refractivity contribution < 1.29 is 13.2 Å². The lowest BCUT2D eigenvalue weighted by Gasteiger charge is -2.29. The molecule has 112 valence electrons. The van der Waals surface area contributed by atoms with Gasteiger partial charge in [-0.05, 0) is 37.0 Å². The summed E-state index contributed by atoms with van der Waals surface area (Å²) in [5.41, 5.74) is 5.97. The van der Waals surface area contributed by atoms with Gasteiger partial charge in [0.25, 0.3) is 0 Å².